The van der Waals surface area contributed by atoms with E-state index in [4.69, 9.17) is 9.47 Å². The van der Waals surface area contributed by atoms with E-state index < -0.39 is 29.9 Å². The van der Waals surface area contributed by atoms with Crippen LogP contribution in [0.5, 0.6) is 11.5 Å². The summed E-state index contributed by atoms with van der Waals surface area (Å²) in [6.07, 6.45) is 0.605. The maximum absolute atomic E-state index is 13.2. The number of anilines is 1. The molecule has 2 aromatic rings. The number of imide groups is 2. The number of benzene rings is 2. The average molecular weight is 438 g/mol. The molecule has 0 radical (unpaired) electrons. The molecule has 2 aromatic carbocycles. The van der Waals surface area contributed by atoms with E-state index in [0.717, 1.165) is 10.5 Å². The van der Waals surface area contributed by atoms with Crippen molar-refractivity contribution in [2.75, 3.05) is 12.0 Å². The second-order valence-electron chi connectivity index (χ2n) is 6.92. The third-order valence-electron chi connectivity index (χ3n) is 4.89. The number of para-hydroxylation sites is 2. The van der Waals surface area contributed by atoms with E-state index in [-0.39, 0.29) is 22.6 Å². The zero-order chi connectivity index (χ0) is 23.4. The van der Waals surface area contributed by atoms with Crippen molar-refractivity contribution in [1.82, 2.24) is 5.32 Å². The second-order valence-corrected chi connectivity index (χ2v) is 6.92. The number of urea groups is 1. The molecule has 0 aliphatic carbocycles. The number of carboxylic acid groups (broad SMARTS) is 1. The second kappa shape index (κ2) is 9.34. The monoisotopic (exact) mass is 438 g/mol. The Kier molecular flexibility index (Phi) is 6.58. The number of aliphatic carboxylic acids is 1. The lowest BCUT2D eigenvalue weighted by Gasteiger charge is -2.28. The summed E-state index contributed by atoms with van der Waals surface area (Å²) in [7, 11) is 1.38. The Labute approximate surface area is 184 Å². The molecule has 0 spiro atoms. The van der Waals surface area contributed by atoms with Gasteiger partial charge < -0.3 is 14.6 Å². The number of hydrogen-bond donors (Lipinski definition) is 2. The Bertz CT molecular complexity index is 1120. The predicted octanol–water partition coefficient (Wildman–Crippen LogP) is 2.78. The standard InChI is InChI=1S/C23H22N2O7/c1-4-14-8-5-6-10-17(14)25-21(27)16(20(26)24-23(25)30)12-15-9-7-11-18(31-3)19(15)32-13(2)22(28)29/h5-13H,4H2,1-3H3,(H,28,29)(H,24,26,30)/b16-12+/t13-/m0/s1. The molecule has 3 rings (SSSR count). The number of amides is 4. The van der Waals surface area contributed by atoms with Crippen molar-refractivity contribution >= 4 is 35.6 Å². The average Bonchev–Trinajstić information content (AvgIpc) is 2.77. The number of ether oxygens (including phenoxy) is 2. The first-order chi connectivity index (χ1) is 15.3. The molecule has 9 heteroatoms. The largest absolute Gasteiger partial charge is 0.493 e. The topological polar surface area (TPSA) is 122 Å². The van der Waals surface area contributed by atoms with Crippen molar-refractivity contribution in [2.45, 2.75) is 26.4 Å². The predicted molar refractivity (Wildman–Crippen MR) is 116 cm³/mol. The molecule has 1 aliphatic heterocycles. The van der Waals surface area contributed by atoms with E-state index in [1.54, 1.807) is 42.5 Å². The van der Waals surface area contributed by atoms with E-state index in [0.29, 0.717) is 12.1 Å². The fourth-order valence-electron chi connectivity index (χ4n) is 3.22. The lowest BCUT2D eigenvalue weighted by atomic mass is 10.0. The molecule has 0 unspecified atom stereocenters. The third-order valence-corrected chi connectivity index (χ3v) is 4.89. The first-order valence-corrected chi connectivity index (χ1v) is 9.84. The SMILES string of the molecule is CCc1ccccc1N1C(=O)NC(=O)/C(=C\c2cccc(OC)c2O[C@@H](C)C(=O)O)C1=O. The fraction of sp³-hybridized carbons (Fsp3) is 0.217. The number of hydrogen-bond acceptors (Lipinski definition) is 6. The van der Waals surface area contributed by atoms with Gasteiger partial charge in [-0.05, 0) is 37.1 Å². The number of rotatable bonds is 7. The van der Waals surface area contributed by atoms with Gasteiger partial charge in [0.05, 0.1) is 12.8 Å². The minimum absolute atomic E-state index is 0.0513. The highest BCUT2D eigenvalue weighted by atomic mass is 16.5. The molecule has 4 amide bonds. The Hall–Kier alpha value is -4.14. The molecule has 1 atom stereocenters. The minimum Gasteiger partial charge on any atom is -0.493 e. The number of methoxy groups -OCH3 is 1. The van der Waals surface area contributed by atoms with E-state index in [1.165, 1.54) is 20.1 Å². The summed E-state index contributed by atoms with van der Waals surface area (Å²) in [6.45, 7) is 3.22. The fourth-order valence-corrected chi connectivity index (χ4v) is 3.22. The van der Waals surface area contributed by atoms with Gasteiger partial charge in [-0.2, -0.15) is 0 Å². The normalized spacial score (nSPS) is 16.0. The highest BCUT2D eigenvalue weighted by molar-refractivity contribution is 6.39. The molecule has 9 nitrogen and oxygen atoms in total. The van der Waals surface area contributed by atoms with Crippen LogP contribution in [0.1, 0.15) is 25.0 Å². The van der Waals surface area contributed by atoms with Crippen LogP contribution in [0.2, 0.25) is 0 Å². The van der Waals surface area contributed by atoms with Crippen molar-refractivity contribution in [3.63, 3.8) is 0 Å². The van der Waals surface area contributed by atoms with E-state index in [1.807, 2.05) is 6.92 Å². The molecule has 166 valence electrons. The lowest BCUT2D eigenvalue weighted by molar-refractivity contribution is -0.144. The van der Waals surface area contributed by atoms with Crippen molar-refractivity contribution in [3.05, 3.63) is 59.2 Å². The van der Waals surface area contributed by atoms with Gasteiger partial charge in [0.15, 0.2) is 17.6 Å². The number of barbiturate groups is 1. The number of aryl methyl sites for hydroxylation is 1. The van der Waals surface area contributed by atoms with Gasteiger partial charge in [0.2, 0.25) is 0 Å². The molecule has 0 aromatic heterocycles. The van der Waals surface area contributed by atoms with Crippen LogP contribution in [0.25, 0.3) is 6.08 Å². The van der Waals surface area contributed by atoms with Gasteiger partial charge in [0.25, 0.3) is 11.8 Å². The molecule has 0 bridgehead atoms. The summed E-state index contributed by atoms with van der Waals surface area (Å²) in [5, 5.41) is 11.4. The summed E-state index contributed by atoms with van der Waals surface area (Å²) in [4.78, 5) is 50.4. The van der Waals surface area contributed by atoms with Crippen molar-refractivity contribution in [1.29, 1.82) is 0 Å². The number of nitrogens with zero attached hydrogens (tertiary/aromatic N) is 1. The van der Waals surface area contributed by atoms with Crippen molar-refractivity contribution in [3.8, 4) is 11.5 Å². The van der Waals surface area contributed by atoms with Crippen LogP contribution >= 0.6 is 0 Å². The van der Waals surface area contributed by atoms with Crippen LogP contribution in [-0.4, -0.2) is 42.1 Å². The van der Waals surface area contributed by atoms with Gasteiger partial charge >= 0.3 is 12.0 Å². The molecular weight excluding hydrogens is 416 g/mol. The molecule has 0 saturated carbocycles. The van der Waals surface area contributed by atoms with Crippen molar-refractivity contribution < 1.29 is 33.8 Å². The van der Waals surface area contributed by atoms with Gasteiger partial charge in [-0.3, -0.25) is 14.9 Å². The third kappa shape index (κ3) is 4.31. The Morgan fingerprint density at radius 2 is 1.88 bits per heavy atom. The van der Waals surface area contributed by atoms with Crippen LogP contribution in [0.15, 0.2) is 48.0 Å². The van der Waals surface area contributed by atoms with Crippen LogP contribution in [-0.2, 0) is 20.8 Å². The zero-order valence-electron chi connectivity index (χ0n) is 17.7. The maximum Gasteiger partial charge on any atom is 0.344 e. The summed E-state index contributed by atoms with van der Waals surface area (Å²) >= 11 is 0. The minimum atomic E-state index is -1.21. The molecule has 1 heterocycles. The quantitative estimate of drug-likeness (QED) is 0.503. The molecule has 32 heavy (non-hydrogen) atoms. The summed E-state index contributed by atoms with van der Waals surface area (Å²) in [5.41, 5.74) is 1.06. The van der Waals surface area contributed by atoms with Crippen LogP contribution in [0.4, 0.5) is 10.5 Å². The zero-order valence-corrected chi connectivity index (χ0v) is 17.7. The van der Waals surface area contributed by atoms with Gasteiger partial charge in [0.1, 0.15) is 5.57 Å². The van der Waals surface area contributed by atoms with Crippen LogP contribution < -0.4 is 19.7 Å². The van der Waals surface area contributed by atoms with E-state index in [2.05, 4.69) is 5.32 Å². The summed E-state index contributed by atoms with van der Waals surface area (Å²) in [5.74, 6) is -2.60. The Balaban J connectivity index is 2.10. The Morgan fingerprint density at radius 3 is 2.53 bits per heavy atom. The number of carboxylic acids is 1. The van der Waals surface area contributed by atoms with Crippen LogP contribution in [0.3, 0.4) is 0 Å². The number of carbonyl (C=O) groups excluding carboxylic acids is 3. The molecular formula is C23H22N2O7. The summed E-state index contributed by atoms with van der Waals surface area (Å²) < 4.78 is 10.8. The van der Waals surface area contributed by atoms with Gasteiger partial charge in [-0.25, -0.2) is 14.5 Å². The first kappa shape index (κ1) is 22.5. The Morgan fingerprint density at radius 1 is 1.16 bits per heavy atom. The molecule has 1 saturated heterocycles. The smallest absolute Gasteiger partial charge is 0.344 e. The van der Waals surface area contributed by atoms with E-state index in [9.17, 15) is 24.3 Å². The number of nitrogens with one attached hydrogen (secondary N) is 1. The molecule has 1 fully saturated rings. The van der Waals surface area contributed by atoms with Gasteiger partial charge in [-0.1, -0.05) is 37.3 Å². The van der Waals surface area contributed by atoms with E-state index >= 15 is 0 Å². The number of carbonyl (C=O) groups is 4. The first-order valence-electron chi connectivity index (χ1n) is 9.84. The van der Waals surface area contributed by atoms with Gasteiger partial charge in [0, 0.05) is 5.56 Å². The summed E-state index contributed by atoms with van der Waals surface area (Å²) in [6, 6.07) is 10.7. The maximum atomic E-state index is 13.2. The van der Waals surface area contributed by atoms with Crippen LogP contribution in [0, 0.1) is 0 Å². The molecule has 1 aliphatic rings. The van der Waals surface area contributed by atoms with Crippen molar-refractivity contribution in [2.24, 2.45) is 0 Å². The molecule has 2 N–H and O–H groups in total. The highest BCUT2D eigenvalue weighted by Crippen LogP contribution is 2.34. The van der Waals surface area contributed by atoms with Gasteiger partial charge in [-0.15, -0.1) is 0 Å². The highest BCUT2D eigenvalue weighted by Gasteiger charge is 2.37. The lowest BCUT2D eigenvalue weighted by Crippen LogP contribution is -2.54.